The van der Waals surface area contributed by atoms with Crippen molar-refractivity contribution in [2.75, 3.05) is 0 Å². The third-order valence-corrected chi connectivity index (χ3v) is 9.16. The van der Waals surface area contributed by atoms with E-state index in [1.165, 1.54) is 46.9 Å². The van der Waals surface area contributed by atoms with Crippen molar-refractivity contribution < 1.29 is 8.78 Å². The fraction of sp³-hybridized carbons (Fsp3) is 0.0769. The lowest BCUT2D eigenvalue weighted by Crippen LogP contribution is -2.04. The Morgan fingerprint density at radius 1 is 0.730 bits per heavy atom. The molecule has 0 saturated heterocycles. The summed E-state index contributed by atoms with van der Waals surface area (Å²) in [6, 6.07) is 16.8. The quantitative estimate of drug-likeness (QED) is 0.176. The van der Waals surface area contributed by atoms with Crippen molar-refractivity contribution in [2.24, 2.45) is 0 Å². The summed E-state index contributed by atoms with van der Waals surface area (Å²) in [5.41, 5.74) is 3.59. The number of thioether (sulfide) groups is 1. The van der Waals surface area contributed by atoms with Crippen molar-refractivity contribution in [3.05, 3.63) is 99.8 Å². The second-order valence-corrected chi connectivity index (χ2v) is 11.6. The van der Waals surface area contributed by atoms with Crippen LogP contribution >= 0.6 is 45.8 Å². The van der Waals surface area contributed by atoms with Gasteiger partial charge in [0.05, 0.1) is 22.8 Å². The molecule has 0 amide bonds. The lowest BCUT2D eigenvalue weighted by atomic mass is 10.2. The van der Waals surface area contributed by atoms with Gasteiger partial charge < -0.3 is 0 Å². The van der Waals surface area contributed by atoms with E-state index in [1.807, 2.05) is 28.3 Å². The van der Waals surface area contributed by atoms with Crippen LogP contribution in [0.3, 0.4) is 0 Å². The van der Waals surface area contributed by atoms with Gasteiger partial charge in [-0.1, -0.05) is 17.8 Å². The Balaban J connectivity index is 1.24. The van der Waals surface area contributed by atoms with E-state index in [9.17, 15) is 8.78 Å². The molecule has 37 heavy (non-hydrogen) atoms. The van der Waals surface area contributed by atoms with Crippen LogP contribution < -0.4 is 0 Å². The predicted molar refractivity (Wildman–Crippen MR) is 147 cm³/mol. The van der Waals surface area contributed by atoms with Crippen LogP contribution in [0.25, 0.3) is 31.8 Å². The molecule has 0 saturated carbocycles. The standard InChI is InChI=1S/C26H17F2N5S4/c27-18-7-3-16(4-8-18)24-29-20(13-35-24)12-33-23(22-2-1-11-34-22)31-32-26(33)37-15-21-14-36-25(30-21)17-5-9-19(28)10-6-17/h1-11,13-14H,12,15H2. The molecule has 0 atom stereocenters. The van der Waals surface area contributed by atoms with Gasteiger partial charge in [0.25, 0.3) is 0 Å². The van der Waals surface area contributed by atoms with Crippen LogP contribution in [0.5, 0.6) is 0 Å². The average molecular weight is 566 g/mol. The molecule has 0 N–H and O–H groups in total. The number of hydrogen-bond acceptors (Lipinski definition) is 8. The number of thiazole rings is 2. The lowest BCUT2D eigenvalue weighted by Gasteiger charge is -2.07. The summed E-state index contributed by atoms with van der Waals surface area (Å²) in [7, 11) is 0. The minimum Gasteiger partial charge on any atom is -0.295 e. The van der Waals surface area contributed by atoms with Crippen molar-refractivity contribution in [3.63, 3.8) is 0 Å². The van der Waals surface area contributed by atoms with E-state index >= 15 is 0 Å². The normalized spacial score (nSPS) is 11.3. The highest BCUT2D eigenvalue weighted by Crippen LogP contribution is 2.32. The van der Waals surface area contributed by atoms with Gasteiger partial charge in [-0.3, -0.25) is 4.57 Å². The molecule has 0 aliphatic heterocycles. The van der Waals surface area contributed by atoms with E-state index < -0.39 is 0 Å². The van der Waals surface area contributed by atoms with Gasteiger partial charge in [-0.15, -0.1) is 44.2 Å². The van der Waals surface area contributed by atoms with Gasteiger partial charge in [-0.2, -0.15) is 0 Å². The Morgan fingerprint density at radius 3 is 1.97 bits per heavy atom. The first kappa shape index (κ1) is 24.1. The molecule has 0 radical (unpaired) electrons. The smallest absolute Gasteiger partial charge is 0.192 e. The molecular formula is C26H17F2N5S4. The number of rotatable bonds is 8. The van der Waals surface area contributed by atoms with Gasteiger partial charge in [0.2, 0.25) is 0 Å². The van der Waals surface area contributed by atoms with Crippen molar-refractivity contribution >= 4 is 45.8 Å². The molecule has 4 heterocycles. The summed E-state index contributed by atoms with van der Waals surface area (Å²) < 4.78 is 28.7. The molecule has 0 fully saturated rings. The predicted octanol–water partition coefficient (Wildman–Crippen LogP) is 7.87. The zero-order chi connectivity index (χ0) is 25.2. The molecule has 0 bridgehead atoms. The van der Waals surface area contributed by atoms with Crippen LogP contribution in [0, 0.1) is 11.6 Å². The molecule has 6 aromatic rings. The van der Waals surface area contributed by atoms with E-state index in [0.29, 0.717) is 12.3 Å². The van der Waals surface area contributed by atoms with Crippen LogP contribution in [0.1, 0.15) is 11.4 Å². The van der Waals surface area contributed by atoms with Crippen LogP contribution in [0.2, 0.25) is 0 Å². The van der Waals surface area contributed by atoms with E-state index in [4.69, 9.17) is 9.97 Å². The molecule has 184 valence electrons. The van der Waals surface area contributed by atoms with Gasteiger partial charge in [0.15, 0.2) is 11.0 Å². The first-order valence-electron chi connectivity index (χ1n) is 11.1. The zero-order valence-electron chi connectivity index (χ0n) is 19.0. The van der Waals surface area contributed by atoms with Gasteiger partial charge in [0.1, 0.15) is 21.6 Å². The maximum Gasteiger partial charge on any atom is 0.192 e. The Bertz CT molecular complexity index is 1620. The maximum atomic E-state index is 13.3. The number of thiophene rings is 1. The Morgan fingerprint density at radius 2 is 1.35 bits per heavy atom. The largest absolute Gasteiger partial charge is 0.295 e. The van der Waals surface area contributed by atoms with Gasteiger partial charge in [-0.25, -0.2) is 18.7 Å². The number of aromatic nitrogens is 5. The number of hydrogen-bond donors (Lipinski definition) is 0. The summed E-state index contributed by atoms with van der Waals surface area (Å²) in [5.74, 6) is 0.885. The molecule has 0 spiro atoms. The molecule has 0 unspecified atom stereocenters. The second-order valence-electron chi connectivity index (χ2n) is 7.96. The fourth-order valence-electron chi connectivity index (χ4n) is 3.63. The SMILES string of the molecule is Fc1ccc(-c2nc(CSc3nnc(-c4cccs4)n3Cc3csc(-c4ccc(F)cc4)n3)cs2)cc1. The summed E-state index contributed by atoms with van der Waals surface area (Å²) in [5, 5.41) is 17.5. The molecule has 6 rings (SSSR count). The monoisotopic (exact) mass is 565 g/mol. The second kappa shape index (κ2) is 10.6. The van der Waals surface area contributed by atoms with Crippen LogP contribution in [-0.4, -0.2) is 24.7 Å². The van der Waals surface area contributed by atoms with E-state index in [1.54, 1.807) is 47.4 Å². The maximum absolute atomic E-state index is 13.3. The third kappa shape index (κ3) is 5.40. The molecule has 0 aliphatic rings. The molecule has 5 nitrogen and oxygen atoms in total. The zero-order valence-corrected chi connectivity index (χ0v) is 22.3. The van der Waals surface area contributed by atoms with Crippen molar-refractivity contribution in [3.8, 4) is 31.8 Å². The van der Waals surface area contributed by atoms with Gasteiger partial charge in [-0.05, 0) is 60.0 Å². The minimum absolute atomic E-state index is 0.262. The number of nitrogens with zero attached hydrogens (tertiary/aromatic N) is 5. The summed E-state index contributed by atoms with van der Waals surface area (Å²) >= 11 is 6.24. The number of benzene rings is 2. The highest BCUT2D eigenvalue weighted by atomic mass is 32.2. The Kier molecular flexibility index (Phi) is 6.92. The van der Waals surface area contributed by atoms with Crippen LogP contribution in [0.15, 0.2) is 82.0 Å². The van der Waals surface area contributed by atoms with Crippen molar-refractivity contribution in [1.29, 1.82) is 0 Å². The molecule has 4 aromatic heterocycles. The highest BCUT2D eigenvalue weighted by Gasteiger charge is 2.18. The molecular weight excluding hydrogens is 549 g/mol. The topological polar surface area (TPSA) is 56.5 Å². The molecule has 0 aliphatic carbocycles. The number of halogens is 2. The van der Waals surface area contributed by atoms with Gasteiger partial charge >= 0.3 is 0 Å². The first-order valence-corrected chi connectivity index (χ1v) is 14.8. The summed E-state index contributed by atoms with van der Waals surface area (Å²) in [6.07, 6.45) is 0. The Hall–Kier alpha value is -3.25. The average Bonchev–Trinajstić information content (AvgIpc) is 3.71. The Labute approximate surface area is 227 Å². The summed E-state index contributed by atoms with van der Waals surface area (Å²) in [6.45, 7) is 0.512. The fourth-order valence-corrected chi connectivity index (χ4v) is 6.93. The van der Waals surface area contributed by atoms with Crippen molar-refractivity contribution in [1.82, 2.24) is 24.7 Å². The minimum atomic E-state index is -0.267. The summed E-state index contributed by atoms with van der Waals surface area (Å²) in [4.78, 5) is 10.5. The third-order valence-electron chi connectivity index (χ3n) is 5.41. The molecule has 2 aromatic carbocycles. The van der Waals surface area contributed by atoms with Crippen LogP contribution in [-0.2, 0) is 12.3 Å². The van der Waals surface area contributed by atoms with E-state index in [-0.39, 0.29) is 11.6 Å². The van der Waals surface area contributed by atoms with E-state index in [0.717, 1.165) is 48.4 Å². The molecule has 11 heteroatoms. The first-order chi connectivity index (χ1) is 18.1. The van der Waals surface area contributed by atoms with Gasteiger partial charge in [0, 0.05) is 27.6 Å². The van der Waals surface area contributed by atoms with Crippen LogP contribution in [0.4, 0.5) is 8.78 Å². The van der Waals surface area contributed by atoms with E-state index in [2.05, 4.69) is 14.8 Å². The van der Waals surface area contributed by atoms with Crippen molar-refractivity contribution in [2.45, 2.75) is 17.5 Å². The lowest BCUT2D eigenvalue weighted by molar-refractivity contribution is 0.627. The highest BCUT2D eigenvalue weighted by molar-refractivity contribution is 7.98.